The summed E-state index contributed by atoms with van der Waals surface area (Å²) in [7, 11) is -4.00. The standard InChI is InChI=1S/C28H20N2O2S/c31-33(32,27-14-6-12-24-13-7-19-29-28(24)27)30-26(23-9-2-1-3-10-23)18-16-21-15-17-22-8-4-5-11-25(22)20-21/h1-20H/b18-16+,30-26-. The Labute approximate surface area is 192 Å². The van der Waals surface area contributed by atoms with Gasteiger partial charge in [-0.05, 0) is 40.6 Å². The molecule has 0 fully saturated rings. The van der Waals surface area contributed by atoms with E-state index in [9.17, 15) is 8.42 Å². The van der Waals surface area contributed by atoms with Crippen molar-refractivity contribution in [3.05, 3.63) is 127 Å². The van der Waals surface area contributed by atoms with Gasteiger partial charge in [-0.15, -0.1) is 0 Å². The van der Waals surface area contributed by atoms with Crippen molar-refractivity contribution in [2.45, 2.75) is 4.90 Å². The number of pyridine rings is 1. The van der Waals surface area contributed by atoms with Crippen LogP contribution in [0.4, 0.5) is 0 Å². The van der Waals surface area contributed by atoms with Gasteiger partial charge in [-0.25, -0.2) is 0 Å². The quantitative estimate of drug-likeness (QED) is 0.297. The summed E-state index contributed by atoms with van der Waals surface area (Å²) >= 11 is 0. The molecule has 4 nitrogen and oxygen atoms in total. The van der Waals surface area contributed by atoms with Crippen molar-refractivity contribution >= 4 is 43.5 Å². The number of allylic oxidation sites excluding steroid dienone is 1. The molecule has 5 heteroatoms. The van der Waals surface area contributed by atoms with Gasteiger partial charge in [0.15, 0.2) is 0 Å². The number of nitrogens with zero attached hydrogens (tertiary/aromatic N) is 2. The summed E-state index contributed by atoms with van der Waals surface area (Å²) in [4.78, 5) is 4.37. The summed E-state index contributed by atoms with van der Waals surface area (Å²) in [5.41, 5.74) is 2.44. The maximum atomic E-state index is 13.4. The van der Waals surface area contributed by atoms with E-state index in [0.717, 1.165) is 21.7 Å². The lowest BCUT2D eigenvalue weighted by atomic mass is 10.1. The van der Waals surface area contributed by atoms with Crippen LogP contribution < -0.4 is 0 Å². The number of hydrogen-bond acceptors (Lipinski definition) is 3. The number of rotatable bonds is 5. The lowest BCUT2D eigenvalue weighted by Crippen LogP contribution is -2.05. The highest BCUT2D eigenvalue weighted by atomic mass is 32.2. The van der Waals surface area contributed by atoms with Gasteiger partial charge in [0.05, 0.1) is 11.2 Å². The van der Waals surface area contributed by atoms with Crippen LogP contribution in [-0.2, 0) is 10.0 Å². The number of sulfonamides is 1. The third kappa shape index (κ3) is 4.45. The first-order chi connectivity index (χ1) is 16.1. The summed E-state index contributed by atoms with van der Waals surface area (Å²) in [6.45, 7) is 0. The molecule has 0 aliphatic rings. The molecule has 0 amide bonds. The van der Waals surface area contributed by atoms with Crippen LogP contribution >= 0.6 is 0 Å². The number of fused-ring (bicyclic) bond motifs is 2. The molecule has 33 heavy (non-hydrogen) atoms. The maximum Gasteiger partial charge on any atom is 0.285 e. The minimum Gasteiger partial charge on any atom is -0.255 e. The minimum absolute atomic E-state index is 0.0909. The molecule has 0 saturated heterocycles. The fourth-order valence-corrected chi connectivity index (χ4v) is 4.93. The molecule has 160 valence electrons. The average molecular weight is 449 g/mol. The van der Waals surface area contributed by atoms with Crippen molar-refractivity contribution < 1.29 is 8.42 Å². The Hall–Kier alpha value is -4.09. The van der Waals surface area contributed by atoms with E-state index in [4.69, 9.17) is 0 Å². The molecule has 5 aromatic rings. The Morgan fingerprint density at radius 3 is 2.30 bits per heavy atom. The third-order valence-electron chi connectivity index (χ3n) is 5.37. The first kappa shape index (κ1) is 20.8. The van der Waals surface area contributed by atoms with Gasteiger partial charge in [0, 0.05) is 17.1 Å². The first-order valence-corrected chi connectivity index (χ1v) is 12.0. The molecular formula is C28H20N2O2S. The van der Waals surface area contributed by atoms with Crippen molar-refractivity contribution in [1.82, 2.24) is 4.98 Å². The lowest BCUT2D eigenvalue weighted by molar-refractivity contribution is 0.599. The Kier molecular flexibility index (Phi) is 5.55. The van der Waals surface area contributed by atoms with Crippen LogP contribution in [0.2, 0.25) is 0 Å². The summed E-state index contributed by atoms with van der Waals surface area (Å²) in [5.74, 6) is 0. The minimum atomic E-state index is -4.00. The highest BCUT2D eigenvalue weighted by Gasteiger charge is 2.18. The fraction of sp³-hybridized carbons (Fsp3) is 0. The van der Waals surface area contributed by atoms with Gasteiger partial charge < -0.3 is 0 Å². The summed E-state index contributed by atoms with van der Waals surface area (Å²) in [5, 5.41) is 3.02. The van der Waals surface area contributed by atoms with Gasteiger partial charge in [0.1, 0.15) is 4.90 Å². The summed E-state index contributed by atoms with van der Waals surface area (Å²) < 4.78 is 30.9. The van der Waals surface area contributed by atoms with Crippen molar-refractivity contribution in [1.29, 1.82) is 0 Å². The SMILES string of the molecule is O=S(=O)(/N=C(/C=C/c1ccc2ccccc2c1)c1ccccc1)c1cccc2cccnc12. The van der Waals surface area contributed by atoms with Crippen LogP contribution in [0.3, 0.4) is 0 Å². The van der Waals surface area contributed by atoms with E-state index >= 15 is 0 Å². The Bertz CT molecular complexity index is 1620. The van der Waals surface area contributed by atoms with Gasteiger partial charge in [-0.3, -0.25) is 4.98 Å². The molecule has 1 aromatic heterocycles. The van der Waals surface area contributed by atoms with E-state index in [1.807, 2.05) is 72.8 Å². The fourth-order valence-electron chi connectivity index (χ4n) is 3.74. The van der Waals surface area contributed by atoms with E-state index in [-0.39, 0.29) is 4.90 Å². The number of aromatic nitrogens is 1. The molecular weight excluding hydrogens is 428 g/mol. The zero-order chi connectivity index (χ0) is 22.7. The second-order valence-corrected chi connectivity index (χ2v) is 9.16. The number of hydrogen-bond donors (Lipinski definition) is 0. The molecule has 0 unspecified atom stereocenters. The molecule has 0 atom stereocenters. The second-order valence-electron chi connectivity index (χ2n) is 7.59. The molecule has 0 spiro atoms. The Morgan fingerprint density at radius 1 is 0.727 bits per heavy atom. The van der Waals surface area contributed by atoms with Crippen molar-refractivity contribution in [3.8, 4) is 0 Å². The second kappa shape index (κ2) is 8.81. The van der Waals surface area contributed by atoms with Gasteiger partial charge >= 0.3 is 0 Å². The van der Waals surface area contributed by atoms with Crippen LogP contribution in [-0.4, -0.2) is 19.1 Å². The Balaban J connectivity index is 1.61. The molecule has 0 bridgehead atoms. The largest absolute Gasteiger partial charge is 0.285 e. The molecule has 0 aliphatic carbocycles. The van der Waals surface area contributed by atoms with Crippen LogP contribution in [0.5, 0.6) is 0 Å². The van der Waals surface area contributed by atoms with Crippen molar-refractivity contribution in [3.63, 3.8) is 0 Å². The van der Waals surface area contributed by atoms with Crippen molar-refractivity contribution in [2.75, 3.05) is 0 Å². The van der Waals surface area contributed by atoms with Gasteiger partial charge in [-0.1, -0.05) is 91.0 Å². The molecule has 0 aliphatic heterocycles. The molecule has 0 N–H and O–H groups in total. The van der Waals surface area contributed by atoms with Crippen LogP contribution in [0.15, 0.2) is 125 Å². The lowest BCUT2D eigenvalue weighted by Gasteiger charge is -2.06. The van der Waals surface area contributed by atoms with Gasteiger partial charge in [0.25, 0.3) is 10.0 Å². The highest BCUT2D eigenvalue weighted by Crippen LogP contribution is 2.23. The molecule has 1 heterocycles. The number of para-hydroxylation sites is 1. The molecule has 4 aromatic carbocycles. The van der Waals surface area contributed by atoms with Gasteiger partial charge in [0.2, 0.25) is 0 Å². The third-order valence-corrected chi connectivity index (χ3v) is 6.69. The first-order valence-electron chi connectivity index (χ1n) is 10.5. The van der Waals surface area contributed by atoms with Gasteiger partial charge in [-0.2, -0.15) is 12.8 Å². The van der Waals surface area contributed by atoms with Crippen LogP contribution in [0.25, 0.3) is 27.8 Å². The Morgan fingerprint density at radius 2 is 1.45 bits per heavy atom. The van der Waals surface area contributed by atoms with E-state index in [2.05, 4.69) is 27.6 Å². The van der Waals surface area contributed by atoms with Crippen LogP contribution in [0.1, 0.15) is 11.1 Å². The molecule has 0 saturated carbocycles. The normalized spacial score (nSPS) is 12.5. The highest BCUT2D eigenvalue weighted by molar-refractivity contribution is 7.90. The zero-order valence-corrected chi connectivity index (χ0v) is 18.5. The average Bonchev–Trinajstić information content (AvgIpc) is 2.86. The maximum absolute atomic E-state index is 13.4. The van der Waals surface area contributed by atoms with E-state index < -0.39 is 10.0 Å². The van der Waals surface area contributed by atoms with Crippen LogP contribution in [0, 0.1) is 0 Å². The number of benzene rings is 4. The predicted octanol–water partition coefficient (Wildman–Crippen LogP) is 6.28. The molecule has 5 rings (SSSR count). The smallest absolute Gasteiger partial charge is 0.255 e. The zero-order valence-electron chi connectivity index (χ0n) is 17.7. The predicted molar refractivity (Wildman–Crippen MR) is 135 cm³/mol. The van der Waals surface area contributed by atoms with E-state index in [1.54, 1.807) is 30.5 Å². The van der Waals surface area contributed by atoms with Crippen molar-refractivity contribution in [2.24, 2.45) is 4.40 Å². The monoisotopic (exact) mass is 448 g/mol. The summed E-state index contributed by atoms with van der Waals surface area (Å²) in [6.07, 6.45) is 5.22. The van der Waals surface area contributed by atoms with E-state index in [0.29, 0.717) is 16.8 Å². The summed E-state index contributed by atoms with van der Waals surface area (Å²) in [6, 6.07) is 32.2. The van der Waals surface area contributed by atoms with E-state index in [1.165, 1.54) is 0 Å². The topological polar surface area (TPSA) is 59.4 Å². The molecule has 0 radical (unpaired) electrons.